The van der Waals surface area contributed by atoms with Gasteiger partial charge < -0.3 is 20.1 Å². The number of ether oxygens (including phenoxy) is 2. The van der Waals surface area contributed by atoms with E-state index in [2.05, 4.69) is 15.4 Å². The number of nitrogens with one attached hydrogen (secondary N) is 2. The molecule has 1 heterocycles. The van der Waals surface area contributed by atoms with Gasteiger partial charge in [-0.2, -0.15) is 13.2 Å². The average Bonchev–Trinajstić information content (AvgIpc) is 3.07. The lowest BCUT2D eigenvalue weighted by Crippen LogP contribution is -2.41. The predicted molar refractivity (Wildman–Crippen MR) is 97.5 cm³/mol. The largest absolute Gasteiger partial charge is 0.488 e. The van der Waals surface area contributed by atoms with Crippen molar-refractivity contribution in [3.05, 3.63) is 59.7 Å². The van der Waals surface area contributed by atoms with E-state index in [0.29, 0.717) is 6.54 Å². The first kappa shape index (κ1) is 19.9. The molecule has 0 radical (unpaired) electrons. The molecule has 5 nitrogen and oxygen atoms in total. The molecular formula is C20H21F3N2O3. The van der Waals surface area contributed by atoms with Crippen LogP contribution in [0.1, 0.15) is 24.1 Å². The molecule has 2 atom stereocenters. The van der Waals surface area contributed by atoms with Gasteiger partial charge in [0.05, 0.1) is 12.6 Å². The number of hydrogen-bond acceptors (Lipinski definition) is 3. The van der Waals surface area contributed by atoms with Crippen molar-refractivity contribution >= 4 is 6.03 Å². The van der Waals surface area contributed by atoms with E-state index >= 15 is 0 Å². The minimum atomic E-state index is -4.38. The third-order valence-corrected chi connectivity index (χ3v) is 4.33. The Morgan fingerprint density at radius 3 is 2.61 bits per heavy atom. The van der Waals surface area contributed by atoms with E-state index in [1.807, 2.05) is 24.3 Å². The number of rotatable bonds is 6. The molecule has 0 saturated carbocycles. The molecule has 2 amide bonds. The number of amides is 2. The van der Waals surface area contributed by atoms with Gasteiger partial charge >= 0.3 is 12.2 Å². The highest BCUT2D eigenvalue weighted by atomic mass is 19.4. The van der Waals surface area contributed by atoms with Gasteiger partial charge in [-0.05, 0) is 36.2 Å². The molecule has 1 aliphatic heterocycles. The van der Waals surface area contributed by atoms with Gasteiger partial charge in [0.2, 0.25) is 0 Å². The SMILES string of the molecule is CC(NC(=O)NCC1Cc2ccccc2O1)c1ccc(OCC(F)(F)F)cc1. The summed E-state index contributed by atoms with van der Waals surface area (Å²) >= 11 is 0. The van der Waals surface area contributed by atoms with E-state index in [4.69, 9.17) is 4.74 Å². The average molecular weight is 394 g/mol. The van der Waals surface area contributed by atoms with Crippen LogP contribution in [-0.2, 0) is 6.42 Å². The predicted octanol–water partition coefficient (Wildman–Crippen LogP) is 3.99. The lowest BCUT2D eigenvalue weighted by Gasteiger charge is -2.17. The number of fused-ring (bicyclic) bond motifs is 1. The van der Waals surface area contributed by atoms with Crippen molar-refractivity contribution < 1.29 is 27.4 Å². The van der Waals surface area contributed by atoms with Crippen molar-refractivity contribution in [3.63, 3.8) is 0 Å². The Balaban J connectivity index is 1.43. The van der Waals surface area contributed by atoms with E-state index in [1.165, 1.54) is 12.1 Å². The molecule has 0 aliphatic carbocycles. The molecule has 28 heavy (non-hydrogen) atoms. The Morgan fingerprint density at radius 1 is 1.21 bits per heavy atom. The molecule has 3 rings (SSSR count). The Kier molecular flexibility index (Phi) is 5.96. The third kappa shape index (κ3) is 5.55. The molecule has 8 heteroatoms. The second-order valence-corrected chi connectivity index (χ2v) is 6.60. The summed E-state index contributed by atoms with van der Waals surface area (Å²) in [4.78, 5) is 12.1. The summed E-state index contributed by atoms with van der Waals surface area (Å²) in [5.41, 5.74) is 1.87. The number of benzene rings is 2. The smallest absolute Gasteiger partial charge is 0.422 e. The standard InChI is InChI=1S/C20H21F3N2O3/c1-13(14-6-8-16(9-7-14)27-12-20(21,22)23)25-19(26)24-11-17-10-15-4-2-3-5-18(15)28-17/h2-9,13,17H,10-12H2,1H3,(H2,24,25,26). The molecule has 0 aromatic heterocycles. The number of hydrogen-bond donors (Lipinski definition) is 2. The van der Waals surface area contributed by atoms with Crippen LogP contribution in [0.4, 0.5) is 18.0 Å². The van der Waals surface area contributed by atoms with Crippen LogP contribution in [0.15, 0.2) is 48.5 Å². The van der Waals surface area contributed by atoms with Crippen molar-refractivity contribution in [1.82, 2.24) is 10.6 Å². The maximum Gasteiger partial charge on any atom is 0.422 e. The van der Waals surface area contributed by atoms with Gasteiger partial charge in [0.25, 0.3) is 0 Å². The first-order valence-electron chi connectivity index (χ1n) is 8.88. The number of carbonyl (C=O) groups excluding carboxylic acids is 1. The van der Waals surface area contributed by atoms with Crippen molar-refractivity contribution in [2.75, 3.05) is 13.2 Å². The van der Waals surface area contributed by atoms with Crippen LogP contribution in [0.3, 0.4) is 0 Å². The lowest BCUT2D eigenvalue weighted by atomic mass is 10.1. The molecule has 2 aromatic rings. The molecular weight excluding hydrogens is 373 g/mol. The van der Waals surface area contributed by atoms with Gasteiger partial charge in [0.15, 0.2) is 6.61 Å². The maximum atomic E-state index is 12.2. The number of urea groups is 1. The molecule has 0 saturated heterocycles. The van der Waals surface area contributed by atoms with Crippen molar-refractivity contribution in [3.8, 4) is 11.5 Å². The van der Waals surface area contributed by atoms with E-state index in [9.17, 15) is 18.0 Å². The van der Waals surface area contributed by atoms with E-state index in [-0.39, 0.29) is 23.9 Å². The Labute approximate surface area is 160 Å². The summed E-state index contributed by atoms with van der Waals surface area (Å²) in [6.45, 7) is 0.820. The molecule has 2 N–H and O–H groups in total. The molecule has 0 bridgehead atoms. The van der Waals surface area contributed by atoms with Crippen molar-refractivity contribution in [2.45, 2.75) is 31.7 Å². The first-order valence-corrected chi connectivity index (χ1v) is 8.88. The van der Waals surface area contributed by atoms with Gasteiger partial charge in [-0.3, -0.25) is 0 Å². The number of alkyl halides is 3. The monoisotopic (exact) mass is 394 g/mol. The molecule has 1 aliphatic rings. The fraction of sp³-hybridized carbons (Fsp3) is 0.350. The number of para-hydroxylation sites is 1. The van der Waals surface area contributed by atoms with E-state index < -0.39 is 12.8 Å². The molecule has 0 fully saturated rings. The Morgan fingerprint density at radius 2 is 1.93 bits per heavy atom. The Hall–Kier alpha value is -2.90. The van der Waals surface area contributed by atoms with Crippen LogP contribution in [0.25, 0.3) is 0 Å². The van der Waals surface area contributed by atoms with Crippen LogP contribution >= 0.6 is 0 Å². The maximum absolute atomic E-state index is 12.2. The summed E-state index contributed by atoms with van der Waals surface area (Å²) in [6.07, 6.45) is -3.75. The fourth-order valence-electron chi connectivity index (χ4n) is 2.92. The molecule has 2 unspecified atom stereocenters. The van der Waals surface area contributed by atoms with Crippen LogP contribution in [0.2, 0.25) is 0 Å². The Bertz CT molecular complexity index is 784. The van der Waals surface area contributed by atoms with Crippen molar-refractivity contribution in [1.29, 1.82) is 0 Å². The van der Waals surface area contributed by atoms with E-state index in [0.717, 1.165) is 23.3 Å². The van der Waals surface area contributed by atoms with Gasteiger partial charge in [0, 0.05) is 6.42 Å². The van der Waals surface area contributed by atoms with Gasteiger partial charge in [-0.15, -0.1) is 0 Å². The number of carbonyl (C=O) groups is 1. The first-order chi connectivity index (χ1) is 13.3. The zero-order chi connectivity index (χ0) is 20.1. The highest BCUT2D eigenvalue weighted by Crippen LogP contribution is 2.27. The molecule has 150 valence electrons. The molecule has 0 spiro atoms. The highest BCUT2D eigenvalue weighted by Gasteiger charge is 2.28. The van der Waals surface area contributed by atoms with Crippen LogP contribution in [-0.4, -0.2) is 31.5 Å². The zero-order valence-electron chi connectivity index (χ0n) is 15.3. The summed E-state index contributed by atoms with van der Waals surface area (Å²) in [6, 6.07) is 13.2. The van der Waals surface area contributed by atoms with Gasteiger partial charge in [-0.25, -0.2) is 4.79 Å². The van der Waals surface area contributed by atoms with Crippen LogP contribution in [0.5, 0.6) is 11.5 Å². The van der Waals surface area contributed by atoms with Crippen LogP contribution < -0.4 is 20.1 Å². The summed E-state index contributed by atoms with van der Waals surface area (Å²) in [7, 11) is 0. The highest BCUT2D eigenvalue weighted by molar-refractivity contribution is 5.74. The topological polar surface area (TPSA) is 59.6 Å². The third-order valence-electron chi connectivity index (χ3n) is 4.33. The van der Waals surface area contributed by atoms with Crippen molar-refractivity contribution in [2.24, 2.45) is 0 Å². The fourth-order valence-corrected chi connectivity index (χ4v) is 2.92. The quantitative estimate of drug-likeness (QED) is 0.779. The normalized spacial score (nSPS) is 16.6. The van der Waals surface area contributed by atoms with Gasteiger partial charge in [-0.1, -0.05) is 30.3 Å². The minimum absolute atomic E-state index is 0.108. The van der Waals surface area contributed by atoms with Crippen LogP contribution in [0, 0.1) is 0 Å². The molecule has 2 aromatic carbocycles. The second-order valence-electron chi connectivity index (χ2n) is 6.60. The summed E-state index contributed by atoms with van der Waals surface area (Å²) in [5.74, 6) is 0.964. The summed E-state index contributed by atoms with van der Waals surface area (Å²) < 4.78 is 46.9. The zero-order valence-corrected chi connectivity index (χ0v) is 15.3. The second kappa shape index (κ2) is 8.41. The van der Waals surface area contributed by atoms with Gasteiger partial charge in [0.1, 0.15) is 17.6 Å². The lowest BCUT2D eigenvalue weighted by molar-refractivity contribution is -0.153. The summed E-state index contributed by atoms with van der Waals surface area (Å²) in [5, 5.41) is 5.57. The minimum Gasteiger partial charge on any atom is -0.488 e. The van der Waals surface area contributed by atoms with E-state index in [1.54, 1.807) is 19.1 Å². The number of halogens is 3.